The predicted molar refractivity (Wildman–Crippen MR) is 154 cm³/mol. The van der Waals surface area contributed by atoms with E-state index in [1.807, 2.05) is 54.3 Å². The van der Waals surface area contributed by atoms with Crippen LogP contribution < -0.4 is 4.74 Å². The fraction of sp³-hybridized carbons (Fsp3) is 0.370. The number of aromatic nitrogens is 2. The van der Waals surface area contributed by atoms with Crippen LogP contribution in [0.15, 0.2) is 53.6 Å². The van der Waals surface area contributed by atoms with E-state index in [0.29, 0.717) is 42.5 Å². The lowest BCUT2D eigenvalue weighted by molar-refractivity contribution is 0.159. The molecule has 4 aromatic rings. The molecule has 0 aliphatic heterocycles. The first kappa shape index (κ1) is 28.2. The zero-order valence-electron chi connectivity index (χ0n) is 21.5. The van der Waals surface area contributed by atoms with Gasteiger partial charge in [0.05, 0.1) is 34.6 Å². The van der Waals surface area contributed by atoms with Crippen molar-refractivity contribution in [2.75, 3.05) is 32.8 Å². The van der Waals surface area contributed by atoms with Crippen LogP contribution in [-0.4, -0.2) is 67.0 Å². The molecule has 3 N–H and O–H groups in total. The Kier molecular flexibility index (Phi) is 8.73. The van der Waals surface area contributed by atoms with Crippen LogP contribution in [0.4, 0.5) is 0 Å². The molecule has 1 aliphatic carbocycles. The summed E-state index contributed by atoms with van der Waals surface area (Å²) in [6.07, 6.45) is 4.34. The van der Waals surface area contributed by atoms with Gasteiger partial charge in [-0.1, -0.05) is 30.7 Å². The molecule has 0 amide bonds. The van der Waals surface area contributed by atoms with E-state index >= 15 is 0 Å². The molecule has 1 fully saturated rings. The number of halogens is 1. The van der Waals surface area contributed by atoms with E-state index in [1.54, 1.807) is 6.20 Å². The van der Waals surface area contributed by atoms with Gasteiger partial charge in [0.2, 0.25) is 0 Å². The van der Waals surface area contributed by atoms with Crippen molar-refractivity contribution in [2.24, 2.45) is 0 Å². The fourth-order valence-electron chi connectivity index (χ4n) is 4.65. The van der Waals surface area contributed by atoms with Crippen molar-refractivity contribution in [2.45, 2.75) is 36.3 Å². The third kappa shape index (κ3) is 6.89. The molecule has 1 saturated carbocycles. The maximum atomic E-state index is 12.8. The summed E-state index contributed by atoms with van der Waals surface area (Å²) in [5, 5.41) is 2.62. The third-order valence-corrected chi connectivity index (χ3v) is 9.25. The SMILES string of the molecule is CCN(CCCOc1ccc(-c2cccc(S(=O)C3CC3)c2)c2c1[nH]c1ncc(Cl)cc12)CCOP(=O)(O)O. The quantitative estimate of drug-likeness (QED) is 0.137. The molecule has 39 heavy (non-hydrogen) atoms. The highest BCUT2D eigenvalue weighted by Gasteiger charge is 2.29. The van der Waals surface area contributed by atoms with Crippen LogP contribution >= 0.6 is 19.4 Å². The number of nitrogens with one attached hydrogen (secondary N) is 1. The summed E-state index contributed by atoms with van der Waals surface area (Å²) in [5.41, 5.74) is 3.46. The normalized spacial score (nSPS) is 14.9. The number of ether oxygens (including phenoxy) is 1. The number of H-pyrrole nitrogens is 1. The Morgan fingerprint density at radius 1 is 1.18 bits per heavy atom. The predicted octanol–water partition coefficient (Wildman–Crippen LogP) is 5.51. The van der Waals surface area contributed by atoms with Crippen molar-refractivity contribution < 1.29 is 27.8 Å². The van der Waals surface area contributed by atoms with Crippen molar-refractivity contribution in [1.29, 1.82) is 0 Å². The number of phosphoric acid groups is 1. The molecular formula is C27H31ClN3O6PS. The highest BCUT2D eigenvalue weighted by Crippen LogP contribution is 2.40. The molecule has 1 aliphatic rings. The number of rotatable bonds is 13. The molecule has 1 unspecified atom stereocenters. The first-order valence-electron chi connectivity index (χ1n) is 12.9. The minimum atomic E-state index is -4.46. The molecule has 0 spiro atoms. The Bertz CT molecular complexity index is 1550. The largest absolute Gasteiger partial charge is 0.491 e. The van der Waals surface area contributed by atoms with Crippen LogP contribution in [0.25, 0.3) is 33.1 Å². The number of nitrogens with zero attached hydrogens (tertiary/aromatic N) is 2. The van der Waals surface area contributed by atoms with Crippen molar-refractivity contribution in [3.05, 3.63) is 53.7 Å². The molecule has 0 radical (unpaired) electrons. The van der Waals surface area contributed by atoms with Crippen molar-refractivity contribution in [1.82, 2.24) is 14.9 Å². The molecule has 12 heteroatoms. The summed E-state index contributed by atoms with van der Waals surface area (Å²) in [6.45, 7) is 4.22. The Labute approximate surface area is 234 Å². The van der Waals surface area contributed by atoms with E-state index in [0.717, 1.165) is 51.7 Å². The molecule has 0 bridgehead atoms. The standard InChI is InChI=1S/C27H31ClN3O6PS/c1-2-31(12-14-37-38(32,33)34)11-4-13-36-24-10-9-22(18-5-3-6-21(15-18)39(35)20-7-8-20)25-23-16-19(28)17-29-27(23)30-26(24)25/h3,5-6,9-10,15-17,20H,2,4,7-8,11-14H2,1H3,(H,29,30)(H2,32,33,34). The second kappa shape index (κ2) is 12.1. The number of fused-ring (bicyclic) bond motifs is 3. The van der Waals surface area contributed by atoms with Gasteiger partial charge in [0, 0.05) is 40.2 Å². The second-order valence-corrected chi connectivity index (χ2v) is 12.9. The summed E-state index contributed by atoms with van der Waals surface area (Å²) in [5.74, 6) is 0.688. The molecule has 208 valence electrons. The fourth-order valence-corrected chi connectivity index (χ4v) is 6.53. The van der Waals surface area contributed by atoms with Crippen LogP contribution in [0.2, 0.25) is 5.02 Å². The highest BCUT2D eigenvalue weighted by atomic mass is 35.5. The van der Waals surface area contributed by atoms with Gasteiger partial charge in [0.25, 0.3) is 0 Å². The van der Waals surface area contributed by atoms with Gasteiger partial charge in [-0.05, 0) is 67.3 Å². The maximum Gasteiger partial charge on any atom is 0.469 e. The van der Waals surface area contributed by atoms with Crippen LogP contribution in [0.5, 0.6) is 5.75 Å². The summed E-state index contributed by atoms with van der Waals surface area (Å²) in [4.78, 5) is 28.5. The van der Waals surface area contributed by atoms with Gasteiger partial charge in [-0.3, -0.25) is 8.73 Å². The van der Waals surface area contributed by atoms with Gasteiger partial charge in [-0.25, -0.2) is 9.55 Å². The van der Waals surface area contributed by atoms with Gasteiger partial charge < -0.3 is 24.4 Å². The summed E-state index contributed by atoms with van der Waals surface area (Å²) >= 11 is 6.32. The zero-order chi connectivity index (χ0) is 27.6. The lowest BCUT2D eigenvalue weighted by atomic mass is 9.99. The van der Waals surface area contributed by atoms with E-state index in [4.69, 9.17) is 26.1 Å². The first-order chi connectivity index (χ1) is 18.7. The molecule has 1 atom stereocenters. The summed E-state index contributed by atoms with van der Waals surface area (Å²) < 4.78 is 34.5. The Morgan fingerprint density at radius 3 is 2.74 bits per heavy atom. The number of aromatic amines is 1. The molecule has 0 saturated heterocycles. The first-order valence-corrected chi connectivity index (χ1v) is 16.0. The molecule has 9 nitrogen and oxygen atoms in total. The van der Waals surface area contributed by atoms with E-state index in [2.05, 4.69) is 14.5 Å². The van der Waals surface area contributed by atoms with Gasteiger partial charge in [0.15, 0.2) is 0 Å². The summed E-state index contributed by atoms with van der Waals surface area (Å²) in [6, 6.07) is 13.8. The van der Waals surface area contributed by atoms with Crippen molar-refractivity contribution in [3.8, 4) is 16.9 Å². The molecular weight excluding hydrogens is 561 g/mol. The van der Waals surface area contributed by atoms with Crippen LogP contribution in [0.1, 0.15) is 26.2 Å². The van der Waals surface area contributed by atoms with Crippen LogP contribution in [0, 0.1) is 0 Å². The number of phosphoric ester groups is 1. The molecule has 5 rings (SSSR count). The topological polar surface area (TPSA) is 125 Å². The Morgan fingerprint density at radius 2 is 2.00 bits per heavy atom. The lowest BCUT2D eigenvalue weighted by Gasteiger charge is -2.20. The number of benzene rings is 2. The number of likely N-dealkylation sites (N-methyl/N-ethyl adjacent to an activating group) is 1. The Hall–Kier alpha value is -2.30. The van der Waals surface area contributed by atoms with E-state index in [1.165, 1.54) is 0 Å². The molecule has 2 aromatic carbocycles. The van der Waals surface area contributed by atoms with Gasteiger partial charge in [-0.15, -0.1) is 0 Å². The number of hydrogen-bond donors (Lipinski definition) is 3. The van der Waals surface area contributed by atoms with Crippen LogP contribution in [-0.2, 0) is 19.9 Å². The van der Waals surface area contributed by atoms with Crippen molar-refractivity contribution >= 4 is 52.2 Å². The van der Waals surface area contributed by atoms with E-state index in [-0.39, 0.29) is 11.9 Å². The molecule has 2 heterocycles. The minimum absolute atomic E-state index is 0.0405. The zero-order valence-corrected chi connectivity index (χ0v) is 24.0. The summed E-state index contributed by atoms with van der Waals surface area (Å²) in [7, 11) is -5.46. The van der Waals surface area contributed by atoms with Gasteiger partial charge in [0.1, 0.15) is 11.4 Å². The maximum absolute atomic E-state index is 12.8. The van der Waals surface area contributed by atoms with E-state index < -0.39 is 18.6 Å². The minimum Gasteiger partial charge on any atom is -0.491 e. The smallest absolute Gasteiger partial charge is 0.469 e. The second-order valence-electron chi connectivity index (χ2n) is 9.52. The average molecular weight is 592 g/mol. The van der Waals surface area contributed by atoms with Crippen LogP contribution in [0.3, 0.4) is 0 Å². The monoisotopic (exact) mass is 591 g/mol. The van der Waals surface area contributed by atoms with Crippen molar-refractivity contribution in [3.63, 3.8) is 0 Å². The number of hydrogen-bond acceptors (Lipinski definition) is 6. The lowest BCUT2D eigenvalue weighted by Crippen LogP contribution is -2.29. The van der Waals surface area contributed by atoms with E-state index in [9.17, 15) is 8.77 Å². The Balaban J connectivity index is 1.38. The van der Waals surface area contributed by atoms with Gasteiger partial charge >= 0.3 is 7.82 Å². The average Bonchev–Trinajstić information content (AvgIpc) is 3.70. The highest BCUT2D eigenvalue weighted by molar-refractivity contribution is 7.86. The number of pyridine rings is 1. The third-order valence-electron chi connectivity index (χ3n) is 6.73. The van der Waals surface area contributed by atoms with Gasteiger partial charge in [-0.2, -0.15) is 0 Å². The molecule has 2 aromatic heterocycles.